The second-order valence-electron chi connectivity index (χ2n) is 4.57. The Morgan fingerprint density at radius 2 is 2.05 bits per heavy atom. The molecule has 1 aromatic heterocycles. The summed E-state index contributed by atoms with van der Waals surface area (Å²) in [4.78, 5) is 7.32. The van der Waals surface area contributed by atoms with E-state index in [0.717, 1.165) is 15.9 Å². The number of aromatic amines is 1. The highest BCUT2D eigenvalue weighted by atomic mass is 79.9. The zero-order valence-corrected chi connectivity index (χ0v) is 15.3. The lowest BCUT2D eigenvalue weighted by molar-refractivity contribution is 0.577. The highest BCUT2D eigenvalue weighted by Gasteiger charge is 2.18. The average molecular weight is 437 g/mol. The smallest absolute Gasteiger partial charge is 0.241 e. The quantitative estimate of drug-likeness (QED) is 0.683. The molecule has 0 unspecified atom stereocenters. The second kappa shape index (κ2) is 7.04. The molecule has 2 N–H and O–H groups in total. The Balaban J connectivity index is 2.00. The number of benzene rings is 1. The highest BCUT2D eigenvalue weighted by Crippen LogP contribution is 2.28. The van der Waals surface area contributed by atoms with Crippen molar-refractivity contribution >= 4 is 41.9 Å². The van der Waals surface area contributed by atoms with Crippen LogP contribution in [0.3, 0.4) is 0 Å². The van der Waals surface area contributed by atoms with Crippen LogP contribution in [0.25, 0.3) is 0 Å². The van der Waals surface area contributed by atoms with Gasteiger partial charge < -0.3 is 4.98 Å². The first-order chi connectivity index (χ1) is 9.90. The number of hydrogen-bond donors (Lipinski definition) is 2. The van der Waals surface area contributed by atoms with E-state index in [1.165, 1.54) is 0 Å². The van der Waals surface area contributed by atoms with Gasteiger partial charge in [0.05, 0.1) is 4.90 Å². The van der Waals surface area contributed by atoms with Crippen molar-refractivity contribution in [2.45, 2.75) is 24.7 Å². The monoisotopic (exact) mass is 435 g/mol. The fraction of sp³-hybridized carbons (Fsp3) is 0.308. The molecule has 0 spiro atoms. The van der Waals surface area contributed by atoms with Gasteiger partial charge in [-0.2, -0.15) is 0 Å². The van der Waals surface area contributed by atoms with Gasteiger partial charge in [0.1, 0.15) is 5.82 Å². The summed E-state index contributed by atoms with van der Waals surface area (Å²) in [5.74, 6) is 0.855. The van der Waals surface area contributed by atoms with E-state index < -0.39 is 10.0 Å². The van der Waals surface area contributed by atoms with E-state index in [2.05, 4.69) is 46.5 Å². The Labute approximate surface area is 140 Å². The van der Waals surface area contributed by atoms with Crippen LogP contribution in [0.5, 0.6) is 0 Å². The number of sulfonamides is 1. The molecule has 1 heterocycles. The fourth-order valence-electron chi connectivity index (χ4n) is 1.81. The lowest BCUT2D eigenvalue weighted by Gasteiger charge is -2.10. The zero-order chi connectivity index (χ0) is 15.5. The molecule has 0 fully saturated rings. The average Bonchev–Trinajstić information content (AvgIpc) is 2.92. The Morgan fingerprint density at radius 1 is 1.29 bits per heavy atom. The molecule has 2 rings (SSSR count). The Bertz CT molecular complexity index is 715. The molecule has 0 saturated carbocycles. The van der Waals surface area contributed by atoms with E-state index in [9.17, 15) is 8.42 Å². The second-order valence-corrected chi connectivity index (χ2v) is 8.01. The zero-order valence-electron chi connectivity index (χ0n) is 11.4. The third kappa shape index (κ3) is 4.38. The molecule has 0 radical (unpaired) electrons. The highest BCUT2D eigenvalue weighted by molar-refractivity contribution is 9.11. The van der Waals surface area contributed by atoms with Crippen molar-refractivity contribution in [1.82, 2.24) is 14.7 Å². The van der Waals surface area contributed by atoms with Gasteiger partial charge in [-0.15, -0.1) is 0 Å². The van der Waals surface area contributed by atoms with Crippen LogP contribution in [0.1, 0.15) is 17.8 Å². The van der Waals surface area contributed by atoms with Gasteiger partial charge in [-0.1, -0.05) is 15.9 Å². The van der Waals surface area contributed by atoms with E-state index in [1.54, 1.807) is 24.5 Å². The largest absolute Gasteiger partial charge is 0.349 e. The van der Waals surface area contributed by atoms with E-state index in [4.69, 9.17) is 0 Å². The minimum atomic E-state index is -3.53. The Kier molecular flexibility index (Phi) is 5.59. The van der Waals surface area contributed by atoms with Crippen LogP contribution >= 0.6 is 31.9 Å². The van der Waals surface area contributed by atoms with Gasteiger partial charge in [-0.05, 0) is 47.0 Å². The maximum Gasteiger partial charge on any atom is 0.241 e. The molecule has 2 aromatic rings. The molecule has 21 heavy (non-hydrogen) atoms. The topological polar surface area (TPSA) is 74.8 Å². The summed E-state index contributed by atoms with van der Waals surface area (Å²) in [6.45, 7) is 2.27. The summed E-state index contributed by atoms with van der Waals surface area (Å²) in [7, 11) is -3.53. The number of rotatable bonds is 6. The molecule has 114 valence electrons. The third-order valence-corrected chi connectivity index (χ3v) is 6.21. The summed E-state index contributed by atoms with van der Waals surface area (Å²) in [6.07, 6.45) is 4.81. The predicted molar refractivity (Wildman–Crippen MR) is 88.7 cm³/mol. The number of aryl methyl sites for hydroxylation is 2. The first-order valence-electron chi connectivity index (χ1n) is 6.34. The summed E-state index contributed by atoms with van der Waals surface area (Å²) >= 11 is 6.66. The normalized spacial score (nSPS) is 11.8. The van der Waals surface area contributed by atoms with Crippen molar-refractivity contribution < 1.29 is 8.42 Å². The summed E-state index contributed by atoms with van der Waals surface area (Å²) in [5.41, 5.74) is 0.971. The van der Waals surface area contributed by atoms with E-state index in [-0.39, 0.29) is 4.90 Å². The van der Waals surface area contributed by atoms with Crippen LogP contribution < -0.4 is 4.72 Å². The van der Waals surface area contributed by atoms with Crippen molar-refractivity contribution in [3.8, 4) is 0 Å². The fourth-order valence-corrected chi connectivity index (χ4v) is 4.56. The molecule has 0 atom stereocenters. The number of imidazole rings is 1. The third-order valence-electron chi connectivity index (χ3n) is 2.94. The first-order valence-corrected chi connectivity index (χ1v) is 9.40. The van der Waals surface area contributed by atoms with E-state index in [1.807, 2.05) is 6.92 Å². The van der Waals surface area contributed by atoms with Crippen LogP contribution in [0.4, 0.5) is 0 Å². The minimum Gasteiger partial charge on any atom is -0.349 e. The standard InChI is InChI=1S/C13H15Br2N3O2S/c1-9-7-11(15)12(8-10(9)14)21(19,20)18-4-2-3-13-16-5-6-17-13/h5-8,18H,2-4H2,1H3,(H,16,17). The van der Waals surface area contributed by atoms with Crippen LogP contribution in [0.2, 0.25) is 0 Å². The summed E-state index contributed by atoms with van der Waals surface area (Å²) in [5, 5.41) is 0. The Hall–Kier alpha value is -0.700. The van der Waals surface area contributed by atoms with E-state index in [0.29, 0.717) is 23.9 Å². The van der Waals surface area contributed by atoms with Crippen LogP contribution in [0.15, 0.2) is 38.4 Å². The molecular formula is C13H15Br2N3O2S. The number of aromatic nitrogens is 2. The van der Waals surface area contributed by atoms with Gasteiger partial charge in [0, 0.05) is 34.3 Å². The van der Waals surface area contributed by atoms with Crippen molar-refractivity contribution in [1.29, 1.82) is 0 Å². The Morgan fingerprint density at radius 3 is 2.71 bits per heavy atom. The van der Waals surface area contributed by atoms with Crippen molar-refractivity contribution in [3.63, 3.8) is 0 Å². The van der Waals surface area contributed by atoms with Crippen molar-refractivity contribution in [2.24, 2.45) is 0 Å². The van der Waals surface area contributed by atoms with Gasteiger partial charge in [-0.3, -0.25) is 0 Å². The number of hydrogen-bond acceptors (Lipinski definition) is 3. The summed E-state index contributed by atoms with van der Waals surface area (Å²) in [6, 6.07) is 3.38. The molecule has 1 aromatic carbocycles. The van der Waals surface area contributed by atoms with Crippen LogP contribution in [-0.2, 0) is 16.4 Å². The number of nitrogens with zero attached hydrogens (tertiary/aromatic N) is 1. The maximum absolute atomic E-state index is 12.3. The number of nitrogens with one attached hydrogen (secondary N) is 2. The molecular weight excluding hydrogens is 422 g/mol. The van der Waals surface area contributed by atoms with Gasteiger partial charge >= 0.3 is 0 Å². The van der Waals surface area contributed by atoms with Gasteiger partial charge in [-0.25, -0.2) is 18.1 Å². The SMILES string of the molecule is Cc1cc(Br)c(S(=O)(=O)NCCCc2ncc[nH]2)cc1Br. The van der Waals surface area contributed by atoms with Gasteiger partial charge in [0.25, 0.3) is 0 Å². The predicted octanol–water partition coefficient (Wildman–Crippen LogP) is 3.15. The molecule has 0 aliphatic rings. The lowest BCUT2D eigenvalue weighted by atomic mass is 10.2. The van der Waals surface area contributed by atoms with Crippen LogP contribution in [-0.4, -0.2) is 24.9 Å². The lowest BCUT2D eigenvalue weighted by Crippen LogP contribution is -2.25. The molecule has 0 bridgehead atoms. The molecule has 0 aliphatic heterocycles. The van der Waals surface area contributed by atoms with Gasteiger partial charge in [0.2, 0.25) is 10.0 Å². The summed E-state index contributed by atoms with van der Waals surface area (Å²) < 4.78 is 28.5. The van der Waals surface area contributed by atoms with Crippen molar-refractivity contribution in [3.05, 3.63) is 44.9 Å². The van der Waals surface area contributed by atoms with Gasteiger partial charge in [0.15, 0.2) is 0 Å². The first kappa shape index (κ1) is 16.7. The van der Waals surface area contributed by atoms with E-state index >= 15 is 0 Å². The molecule has 8 heteroatoms. The minimum absolute atomic E-state index is 0.234. The molecule has 5 nitrogen and oxygen atoms in total. The molecule has 0 saturated heterocycles. The van der Waals surface area contributed by atoms with Crippen molar-refractivity contribution in [2.75, 3.05) is 6.54 Å². The molecule has 0 amide bonds. The van der Waals surface area contributed by atoms with Crippen LogP contribution in [0, 0.1) is 6.92 Å². The molecule has 0 aliphatic carbocycles. The maximum atomic E-state index is 12.3. The number of H-pyrrole nitrogens is 1. The number of halogens is 2.